The molecular formula is C11H18. The van der Waals surface area contributed by atoms with E-state index in [1.54, 1.807) is 0 Å². The van der Waals surface area contributed by atoms with Crippen LogP contribution in [0.2, 0.25) is 0 Å². The molecule has 0 amide bonds. The second kappa shape index (κ2) is 3.78. The van der Waals surface area contributed by atoms with Crippen LogP contribution in [0.5, 0.6) is 0 Å². The van der Waals surface area contributed by atoms with Crippen LogP contribution in [0.1, 0.15) is 46.0 Å². The highest BCUT2D eigenvalue weighted by Crippen LogP contribution is 2.33. The highest BCUT2D eigenvalue weighted by Gasteiger charge is 2.20. The molecule has 0 saturated carbocycles. The molecule has 0 fully saturated rings. The van der Waals surface area contributed by atoms with Crippen LogP contribution in [0, 0.1) is 5.41 Å². The lowest BCUT2D eigenvalue weighted by atomic mass is 9.84. The molecule has 11 heavy (non-hydrogen) atoms. The summed E-state index contributed by atoms with van der Waals surface area (Å²) in [5.74, 6) is 0. The summed E-state index contributed by atoms with van der Waals surface area (Å²) in [6.07, 6.45) is 11.0. The largest absolute Gasteiger partial charge is 0.129 e. The lowest BCUT2D eigenvalue weighted by molar-refractivity contribution is 0.385. The van der Waals surface area contributed by atoms with Gasteiger partial charge in [0.25, 0.3) is 0 Å². The maximum Gasteiger partial charge on any atom is -0.00303 e. The van der Waals surface area contributed by atoms with Crippen LogP contribution in [0.15, 0.2) is 17.9 Å². The minimum absolute atomic E-state index is 0.454. The third kappa shape index (κ3) is 2.55. The molecule has 1 rings (SSSR count). The molecule has 1 unspecified atom stereocenters. The van der Waals surface area contributed by atoms with Crippen molar-refractivity contribution in [2.24, 2.45) is 5.41 Å². The molecule has 0 N–H and O–H groups in total. The van der Waals surface area contributed by atoms with Crippen LogP contribution in [0.25, 0.3) is 0 Å². The third-order valence-corrected chi connectivity index (χ3v) is 2.47. The van der Waals surface area contributed by atoms with Gasteiger partial charge < -0.3 is 0 Å². The lowest BCUT2D eigenvalue weighted by Gasteiger charge is -2.20. The Labute approximate surface area is 70.0 Å². The zero-order valence-electron chi connectivity index (χ0n) is 7.69. The summed E-state index contributed by atoms with van der Waals surface area (Å²) in [5.41, 5.74) is 3.64. The van der Waals surface area contributed by atoms with Gasteiger partial charge in [0, 0.05) is 0 Å². The predicted molar refractivity (Wildman–Crippen MR) is 49.5 cm³/mol. The summed E-state index contributed by atoms with van der Waals surface area (Å²) in [4.78, 5) is 0. The van der Waals surface area contributed by atoms with Gasteiger partial charge in [0.15, 0.2) is 0 Å². The van der Waals surface area contributed by atoms with Crippen LogP contribution in [0.3, 0.4) is 0 Å². The Bertz CT molecular complexity index is 172. The van der Waals surface area contributed by atoms with E-state index in [2.05, 4.69) is 31.7 Å². The summed E-state index contributed by atoms with van der Waals surface area (Å²) >= 11 is 0. The van der Waals surface area contributed by atoms with Crippen molar-refractivity contribution >= 4 is 0 Å². The predicted octanol–water partition coefficient (Wildman–Crippen LogP) is 3.69. The van der Waals surface area contributed by atoms with Crippen molar-refractivity contribution in [1.29, 1.82) is 0 Å². The molecule has 0 heteroatoms. The number of unbranched alkanes of at least 4 members (excludes halogenated alkanes) is 2. The van der Waals surface area contributed by atoms with Crippen LogP contribution in [-0.4, -0.2) is 0 Å². The summed E-state index contributed by atoms with van der Waals surface area (Å²) in [6.45, 7) is 4.59. The highest BCUT2D eigenvalue weighted by molar-refractivity contribution is 5.07. The van der Waals surface area contributed by atoms with Crippen molar-refractivity contribution < 1.29 is 0 Å². The van der Waals surface area contributed by atoms with Gasteiger partial charge in [0.2, 0.25) is 0 Å². The minimum atomic E-state index is 0.454. The second-order valence-electron chi connectivity index (χ2n) is 3.83. The molecule has 0 aliphatic heterocycles. The zero-order chi connectivity index (χ0) is 8.16. The Morgan fingerprint density at radius 3 is 2.82 bits per heavy atom. The van der Waals surface area contributed by atoms with Crippen molar-refractivity contribution in [3.05, 3.63) is 17.9 Å². The van der Waals surface area contributed by atoms with E-state index in [1.165, 1.54) is 32.1 Å². The van der Waals surface area contributed by atoms with Gasteiger partial charge in [0.05, 0.1) is 0 Å². The minimum Gasteiger partial charge on any atom is -0.129 e. The monoisotopic (exact) mass is 150 g/mol. The van der Waals surface area contributed by atoms with E-state index in [4.69, 9.17) is 0 Å². The van der Waals surface area contributed by atoms with E-state index in [1.807, 2.05) is 0 Å². The number of rotatable bonds is 4. The zero-order valence-corrected chi connectivity index (χ0v) is 7.69. The summed E-state index contributed by atoms with van der Waals surface area (Å²) in [7, 11) is 0. The molecule has 62 valence electrons. The van der Waals surface area contributed by atoms with E-state index in [0.717, 1.165) is 0 Å². The topological polar surface area (TPSA) is 0 Å². The first-order valence-electron chi connectivity index (χ1n) is 4.69. The first-order chi connectivity index (χ1) is 5.27. The van der Waals surface area contributed by atoms with Crippen molar-refractivity contribution in [2.45, 2.75) is 46.0 Å². The molecule has 1 aliphatic rings. The van der Waals surface area contributed by atoms with Gasteiger partial charge in [-0.1, -0.05) is 33.1 Å². The lowest BCUT2D eigenvalue weighted by Crippen LogP contribution is -2.08. The Kier molecular flexibility index (Phi) is 2.96. The summed E-state index contributed by atoms with van der Waals surface area (Å²) in [5, 5.41) is 0. The normalized spacial score (nSPS) is 28.2. The Hall–Kier alpha value is -0.480. The molecule has 0 aromatic carbocycles. The maximum atomic E-state index is 3.19. The molecule has 0 saturated heterocycles. The first-order valence-corrected chi connectivity index (χ1v) is 4.69. The molecule has 0 heterocycles. The van der Waals surface area contributed by atoms with Gasteiger partial charge in [-0.15, -0.1) is 5.73 Å². The van der Waals surface area contributed by atoms with Crippen molar-refractivity contribution in [1.82, 2.24) is 0 Å². The standard InChI is InChI=1S/C11H18/c1-3-4-5-8-11(2)9-6-7-10-11/h6,10H,3-5,8-9H2,1-2H3. The van der Waals surface area contributed by atoms with Gasteiger partial charge in [-0.05, 0) is 30.4 Å². The second-order valence-corrected chi connectivity index (χ2v) is 3.83. The molecule has 1 atom stereocenters. The SMILES string of the molecule is CCCCCC1(C)C=C=CC1. The van der Waals surface area contributed by atoms with Crippen molar-refractivity contribution in [3.63, 3.8) is 0 Å². The molecule has 0 aromatic heterocycles. The van der Waals surface area contributed by atoms with Gasteiger partial charge >= 0.3 is 0 Å². The van der Waals surface area contributed by atoms with Crippen LogP contribution < -0.4 is 0 Å². The van der Waals surface area contributed by atoms with Crippen LogP contribution >= 0.6 is 0 Å². The van der Waals surface area contributed by atoms with Gasteiger partial charge in [0.1, 0.15) is 0 Å². The number of allylic oxidation sites excluding steroid dienone is 1. The van der Waals surface area contributed by atoms with Gasteiger partial charge in [-0.3, -0.25) is 0 Å². The molecule has 0 spiro atoms. The summed E-state index contributed by atoms with van der Waals surface area (Å²) < 4.78 is 0. The van der Waals surface area contributed by atoms with Gasteiger partial charge in [-0.2, -0.15) is 0 Å². The van der Waals surface area contributed by atoms with E-state index in [-0.39, 0.29) is 0 Å². The average molecular weight is 150 g/mol. The van der Waals surface area contributed by atoms with Crippen molar-refractivity contribution in [2.75, 3.05) is 0 Å². The Morgan fingerprint density at radius 1 is 1.45 bits per heavy atom. The molecule has 0 aromatic rings. The number of hydrogen-bond donors (Lipinski definition) is 0. The van der Waals surface area contributed by atoms with E-state index >= 15 is 0 Å². The van der Waals surface area contributed by atoms with Crippen LogP contribution in [0.4, 0.5) is 0 Å². The fraction of sp³-hybridized carbons (Fsp3) is 0.727. The molecule has 0 bridgehead atoms. The van der Waals surface area contributed by atoms with Crippen LogP contribution in [-0.2, 0) is 0 Å². The highest BCUT2D eigenvalue weighted by atomic mass is 14.2. The van der Waals surface area contributed by atoms with E-state index in [9.17, 15) is 0 Å². The van der Waals surface area contributed by atoms with Gasteiger partial charge in [-0.25, -0.2) is 0 Å². The molecular weight excluding hydrogens is 132 g/mol. The van der Waals surface area contributed by atoms with E-state index < -0.39 is 0 Å². The maximum absolute atomic E-state index is 3.19. The quantitative estimate of drug-likeness (QED) is 0.423. The molecule has 0 radical (unpaired) electrons. The fourth-order valence-corrected chi connectivity index (χ4v) is 1.56. The fourth-order valence-electron chi connectivity index (χ4n) is 1.56. The molecule has 1 aliphatic carbocycles. The average Bonchev–Trinajstić information content (AvgIpc) is 2.38. The Morgan fingerprint density at radius 2 is 2.27 bits per heavy atom. The first kappa shape index (κ1) is 8.62. The van der Waals surface area contributed by atoms with E-state index in [0.29, 0.717) is 5.41 Å². The van der Waals surface area contributed by atoms with Crippen molar-refractivity contribution in [3.8, 4) is 0 Å². The summed E-state index contributed by atoms with van der Waals surface area (Å²) in [6, 6.07) is 0. The molecule has 0 nitrogen and oxygen atoms in total. The smallest absolute Gasteiger partial charge is 0.00303 e. The number of hydrogen-bond acceptors (Lipinski definition) is 0. The third-order valence-electron chi connectivity index (χ3n) is 2.47. The Balaban J connectivity index is 2.20.